The molecule has 1 atom stereocenters. The monoisotopic (exact) mass is 775 g/mol. The number of nitrogen functional groups attached to an aromatic ring is 1. The number of halogens is 2. The second-order valence-corrected chi connectivity index (χ2v) is 15.6. The third-order valence-corrected chi connectivity index (χ3v) is 12.1. The molecule has 0 spiro atoms. The highest BCUT2D eigenvalue weighted by Crippen LogP contribution is 2.51. The number of piperidine rings is 2. The number of nitrogens with one attached hydrogen (secondary N) is 2. The minimum absolute atomic E-state index is 0.104. The lowest BCUT2D eigenvalue weighted by atomic mass is 9.89. The highest BCUT2D eigenvalue weighted by atomic mass is 79.9. The number of pyridine rings is 1. The minimum Gasteiger partial charge on any atom is -0.397 e. The van der Waals surface area contributed by atoms with Crippen molar-refractivity contribution in [2.45, 2.75) is 56.7 Å². The van der Waals surface area contributed by atoms with Crippen LogP contribution in [0.3, 0.4) is 0 Å². The summed E-state index contributed by atoms with van der Waals surface area (Å²) in [5.74, 6) is 0.264. The van der Waals surface area contributed by atoms with Crippen molar-refractivity contribution >= 4 is 66.1 Å². The molecule has 0 bridgehead atoms. The van der Waals surface area contributed by atoms with Gasteiger partial charge in [-0.2, -0.15) is 4.31 Å². The summed E-state index contributed by atoms with van der Waals surface area (Å²) in [4.78, 5) is 35.4. The summed E-state index contributed by atoms with van der Waals surface area (Å²) < 4.78 is 27.8. The maximum Gasteiger partial charge on any atom is 0.318 e. The number of rotatable bonds is 6. The fourth-order valence-electron chi connectivity index (χ4n) is 6.64. The van der Waals surface area contributed by atoms with Gasteiger partial charge in [0.15, 0.2) is 0 Å². The molecule has 4 heterocycles. The van der Waals surface area contributed by atoms with E-state index in [1.54, 1.807) is 21.6 Å². The maximum absolute atomic E-state index is 14.0. The molecule has 2 aromatic carbocycles. The number of nitrogens with two attached hydrogens (primary N) is 1. The van der Waals surface area contributed by atoms with E-state index in [4.69, 9.17) is 5.73 Å². The Labute approximate surface area is 287 Å². The fourth-order valence-corrected chi connectivity index (χ4v) is 9.47. The Morgan fingerprint density at radius 2 is 1.61 bits per heavy atom. The number of likely N-dealkylation sites (tertiary alicyclic amines) is 2. The van der Waals surface area contributed by atoms with Crippen LogP contribution < -0.4 is 15.8 Å². The van der Waals surface area contributed by atoms with Crippen molar-refractivity contribution in [2.75, 3.05) is 36.6 Å². The summed E-state index contributed by atoms with van der Waals surface area (Å²) in [7, 11) is -3.19. The average Bonchev–Trinajstić information content (AvgIpc) is 3.06. The van der Waals surface area contributed by atoms with E-state index in [2.05, 4.69) is 46.9 Å². The standard InChI is InChI=1S/C32H39Br2N7O4S/c33-26-17-21(18-27(34)30(26)35)19-29(31(42)39-13-7-23(8-14-39)22-5-11-36-12-6-22)37-32(43)40-15-9-25(10-16-40)41-20-24-3-1-2-4-28(24)38-46(41,44)45/h1-6,11-12,17-18,23,25,29,38,44-45H,7-10,13-16,19-20,35H2,(H,37,43)/t29-/m1/s1. The number of fused-ring (bicyclic) bond motifs is 1. The van der Waals surface area contributed by atoms with Gasteiger partial charge in [0.1, 0.15) is 6.04 Å². The molecule has 0 saturated carbocycles. The number of amides is 3. The summed E-state index contributed by atoms with van der Waals surface area (Å²) in [5, 5.41) is 3.06. The fraction of sp³-hybridized carbons (Fsp3) is 0.406. The molecule has 3 aliphatic heterocycles. The molecular formula is C32H39Br2N7O4S. The quantitative estimate of drug-likeness (QED) is 0.187. The molecule has 46 heavy (non-hydrogen) atoms. The number of carbonyl (C=O) groups is 2. The van der Waals surface area contributed by atoms with Gasteiger partial charge in [-0.15, -0.1) is 0 Å². The van der Waals surface area contributed by atoms with Crippen LogP contribution in [0.4, 0.5) is 16.2 Å². The first kappa shape index (κ1) is 33.0. The topological polar surface area (TPSA) is 147 Å². The van der Waals surface area contributed by atoms with Crippen LogP contribution in [0.1, 0.15) is 48.3 Å². The lowest BCUT2D eigenvalue weighted by Gasteiger charge is -2.51. The van der Waals surface area contributed by atoms with Crippen molar-refractivity contribution in [1.29, 1.82) is 0 Å². The lowest BCUT2D eigenvalue weighted by Crippen LogP contribution is -2.56. The number of hydrogen-bond donors (Lipinski definition) is 5. The van der Waals surface area contributed by atoms with Gasteiger partial charge in [0.25, 0.3) is 0 Å². The second-order valence-electron chi connectivity index (χ2n) is 12.1. The van der Waals surface area contributed by atoms with Crippen LogP contribution in [0, 0.1) is 0 Å². The first-order valence-electron chi connectivity index (χ1n) is 15.5. The first-order valence-corrected chi connectivity index (χ1v) is 18.6. The van der Waals surface area contributed by atoms with E-state index in [0.29, 0.717) is 63.6 Å². The van der Waals surface area contributed by atoms with Crippen LogP contribution >= 0.6 is 42.8 Å². The third-order valence-electron chi connectivity index (χ3n) is 9.24. The third kappa shape index (κ3) is 7.32. The highest BCUT2D eigenvalue weighted by Gasteiger charge is 2.38. The largest absolute Gasteiger partial charge is 0.397 e. The SMILES string of the molecule is Nc1c(Br)cc(C[C@@H](NC(=O)N2CCC(N3Cc4ccccc4NS3(O)O)CC2)C(=O)N2CCC(c3ccncc3)CC2)cc1Br. The summed E-state index contributed by atoms with van der Waals surface area (Å²) in [6, 6.07) is 14.3. The second kappa shape index (κ2) is 14.1. The van der Waals surface area contributed by atoms with Crippen LogP contribution in [0.25, 0.3) is 0 Å². The predicted octanol–water partition coefficient (Wildman–Crippen LogP) is 6.19. The molecule has 14 heteroatoms. The zero-order chi connectivity index (χ0) is 32.4. The van der Waals surface area contributed by atoms with E-state index in [1.165, 1.54) is 5.56 Å². The number of anilines is 2. The van der Waals surface area contributed by atoms with E-state index in [0.717, 1.165) is 38.6 Å². The van der Waals surface area contributed by atoms with Crippen molar-refractivity contribution < 1.29 is 18.7 Å². The summed E-state index contributed by atoms with van der Waals surface area (Å²) in [5.41, 5.74) is 10.5. The van der Waals surface area contributed by atoms with Crippen molar-refractivity contribution in [1.82, 2.24) is 24.4 Å². The molecule has 11 nitrogen and oxygen atoms in total. The number of aromatic nitrogens is 1. The zero-order valence-electron chi connectivity index (χ0n) is 25.3. The van der Waals surface area contributed by atoms with Gasteiger partial charge in [-0.1, -0.05) is 29.2 Å². The van der Waals surface area contributed by atoms with E-state index in [-0.39, 0.29) is 18.0 Å². The molecule has 0 unspecified atom stereocenters. The van der Waals surface area contributed by atoms with Crippen molar-refractivity contribution in [3.05, 3.63) is 86.6 Å². The smallest absolute Gasteiger partial charge is 0.318 e. The van der Waals surface area contributed by atoms with Gasteiger partial charge in [0.05, 0.1) is 11.4 Å². The Morgan fingerprint density at radius 1 is 0.978 bits per heavy atom. The van der Waals surface area contributed by atoms with Crippen LogP contribution in [0.5, 0.6) is 0 Å². The lowest BCUT2D eigenvalue weighted by molar-refractivity contribution is -0.134. The van der Waals surface area contributed by atoms with E-state index < -0.39 is 17.0 Å². The van der Waals surface area contributed by atoms with Crippen LogP contribution in [0.2, 0.25) is 0 Å². The molecule has 6 rings (SSSR count). The van der Waals surface area contributed by atoms with Crippen molar-refractivity contribution in [2.24, 2.45) is 0 Å². The molecule has 0 radical (unpaired) electrons. The molecule has 3 aromatic rings. The molecule has 2 saturated heterocycles. The minimum atomic E-state index is -3.19. The van der Waals surface area contributed by atoms with Crippen molar-refractivity contribution in [3.8, 4) is 0 Å². The number of urea groups is 1. The zero-order valence-corrected chi connectivity index (χ0v) is 29.3. The normalized spacial score (nSPS) is 20.3. The van der Waals surface area contributed by atoms with Gasteiger partial charge >= 0.3 is 6.03 Å². The molecular weight excluding hydrogens is 738 g/mol. The maximum atomic E-state index is 14.0. The summed E-state index contributed by atoms with van der Waals surface area (Å²) in [6.07, 6.45) is 6.76. The Morgan fingerprint density at radius 3 is 2.28 bits per heavy atom. The van der Waals surface area contributed by atoms with E-state index in [1.807, 2.05) is 53.4 Å². The van der Waals surface area contributed by atoms with Crippen LogP contribution in [0.15, 0.2) is 69.9 Å². The van der Waals surface area contributed by atoms with Crippen LogP contribution in [-0.2, 0) is 17.8 Å². The van der Waals surface area contributed by atoms with Gasteiger partial charge in [-0.25, -0.2) is 4.79 Å². The molecule has 246 valence electrons. The predicted molar refractivity (Wildman–Crippen MR) is 188 cm³/mol. The molecule has 2 fully saturated rings. The Hall–Kier alpha value is -2.88. The number of hydrogen-bond acceptors (Lipinski definition) is 8. The van der Waals surface area contributed by atoms with Gasteiger partial charge < -0.3 is 20.9 Å². The van der Waals surface area contributed by atoms with Gasteiger partial charge in [-0.05, 0) is 110 Å². The molecule has 3 amide bonds. The van der Waals surface area contributed by atoms with Crippen LogP contribution in [-0.4, -0.2) is 78.4 Å². The van der Waals surface area contributed by atoms with Crippen molar-refractivity contribution in [3.63, 3.8) is 0 Å². The number of nitrogens with zero attached hydrogens (tertiary/aromatic N) is 4. The number of benzene rings is 2. The first-order chi connectivity index (χ1) is 22.1. The highest BCUT2D eigenvalue weighted by molar-refractivity contribution is 9.11. The Bertz CT molecular complexity index is 1540. The summed E-state index contributed by atoms with van der Waals surface area (Å²) >= 11 is 7.01. The Kier molecular flexibility index (Phi) is 10.1. The average molecular weight is 778 g/mol. The summed E-state index contributed by atoms with van der Waals surface area (Å²) in [6.45, 7) is 2.50. The van der Waals surface area contributed by atoms with Gasteiger partial charge in [-0.3, -0.25) is 23.6 Å². The van der Waals surface area contributed by atoms with Gasteiger partial charge in [0, 0.05) is 66.5 Å². The molecule has 0 aliphatic carbocycles. The number of para-hydroxylation sites is 1. The van der Waals surface area contributed by atoms with Gasteiger partial charge in [0.2, 0.25) is 5.91 Å². The van der Waals surface area contributed by atoms with E-state index >= 15 is 0 Å². The molecule has 6 N–H and O–H groups in total. The number of carbonyl (C=O) groups excluding carboxylic acids is 2. The van der Waals surface area contributed by atoms with E-state index in [9.17, 15) is 18.7 Å². The Balaban J connectivity index is 1.12. The molecule has 3 aliphatic rings. The molecule has 1 aromatic heterocycles.